The number of pyridine rings is 1. The van der Waals surface area contributed by atoms with Crippen molar-refractivity contribution in [2.75, 3.05) is 24.5 Å². The highest BCUT2D eigenvalue weighted by molar-refractivity contribution is 5.59. The first kappa shape index (κ1) is 16.0. The molecule has 0 radical (unpaired) electrons. The summed E-state index contributed by atoms with van der Waals surface area (Å²) in [7, 11) is 0. The number of aromatic nitrogens is 1. The van der Waals surface area contributed by atoms with Crippen molar-refractivity contribution in [2.45, 2.75) is 38.0 Å². The third kappa shape index (κ3) is 3.24. The molecule has 1 aromatic heterocycles. The molecule has 126 valence electrons. The van der Waals surface area contributed by atoms with Gasteiger partial charge in [0.1, 0.15) is 0 Å². The van der Waals surface area contributed by atoms with E-state index in [0.29, 0.717) is 31.5 Å². The fraction of sp³-hybridized carbons (Fsp3) is 0.643. The zero-order valence-electron chi connectivity index (χ0n) is 12.6. The number of rotatable bonds is 3. The maximum atomic E-state index is 12.7. The minimum atomic E-state index is -4.23. The summed E-state index contributed by atoms with van der Waals surface area (Å²) >= 11 is 0. The van der Waals surface area contributed by atoms with Crippen molar-refractivity contribution in [1.82, 2.24) is 9.88 Å². The van der Waals surface area contributed by atoms with E-state index in [1.54, 1.807) is 18.0 Å². The molecule has 6 nitrogen and oxygen atoms in total. The van der Waals surface area contributed by atoms with Gasteiger partial charge in [-0.25, -0.2) is 4.98 Å². The van der Waals surface area contributed by atoms with Gasteiger partial charge in [-0.2, -0.15) is 13.2 Å². The van der Waals surface area contributed by atoms with Gasteiger partial charge in [-0.3, -0.25) is 15.0 Å². The second-order valence-electron chi connectivity index (χ2n) is 6.19. The molecule has 0 N–H and O–H groups in total. The SMILES string of the molecule is Cc1cnc(N2CC3CCC(C2)N3CC(F)(F)F)c([N+](=O)[O-])c1. The average Bonchev–Trinajstić information content (AvgIpc) is 2.68. The standard InChI is InChI=1S/C14H17F3N4O2/c1-9-4-12(21(22)23)13(18-5-9)19-6-10-2-3-11(7-19)20(10)8-14(15,16)17/h4-5,10-11H,2-3,6-8H2,1H3. The van der Waals surface area contributed by atoms with Crippen molar-refractivity contribution in [2.24, 2.45) is 0 Å². The minimum absolute atomic E-state index is 0.0892. The second-order valence-corrected chi connectivity index (χ2v) is 6.19. The summed E-state index contributed by atoms with van der Waals surface area (Å²) in [5.41, 5.74) is 0.591. The van der Waals surface area contributed by atoms with Crippen molar-refractivity contribution < 1.29 is 18.1 Å². The lowest BCUT2D eigenvalue weighted by Crippen LogP contribution is -2.56. The fourth-order valence-electron chi connectivity index (χ4n) is 3.55. The monoisotopic (exact) mass is 330 g/mol. The molecule has 23 heavy (non-hydrogen) atoms. The van der Waals surface area contributed by atoms with Crippen LogP contribution in [0.25, 0.3) is 0 Å². The summed E-state index contributed by atoms with van der Waals surface area (Å²) in [5.74, 6) is 0.254. The third-order valence-electron chi connectivity index (χ3n) is 4.48. The van der Waals surface area contributed by atoms with E-state index < -0.39 is 17.6 Å². The molecule has 2 fully saturated rings. The summed E-state index contributed by atoms with van der Waals surface area (Å²) in [6.07, 6.45) is -1.32. The topological polar surface area (TPSA) is 62.5 Å². The molecule has 2 unspecified atom stereocenters. The fourth-order valence-corrected chi connectivity index (χ4v) is 3.55. The summed E-state index contributed by atoms with van der Waals surface area (Å²) in [6.45, 7) is 1.47. The molecule has 2 bridgehead atoms. The highest BCUT2D eigenvalue weighted by Gasteiger charge is 2.45. The maximum Gasteiger partial charge on any atom is 0.401 e. The molecular weight excluding hydrogens is 313 g/mol. The van der Waals surface area contributed by atoms with Crippen LogP contribution < -0.4 is 4.90 Å². The molecule has 2 aliphatic rings. The van der Waals surface area contributed by atoms with Crippen molar-refractivity contribution in [3.63, 3.8) is 0 Å². The maximum absolute atomic E-state index is 12.7. The number of fused-ring (bicyclic) bond motifs is 2. The Morgan fingerprint density at radius 1 is 1.35 bits per heavy atom. The van der Waals surface area contributed by atoms with E-state index in [1.807, 2.05) is 0 Å². The zero-order chi connectivity index (χ0) is 16.8. The van der Waals surface area contributed by atoms with E-state index in [0.717, 1.165) is 0 Å². The van der Waals surface area contributed by atoms with Crippen LogP contribution in [0.15, 0.2) is 12.3 Å². The van der Waals surface area contributed by atoms with Crippen LogP contribution >= 0.6 is 0 Å². The number of anilines is 1. The first-order valence-electron chi connectivity index (χ1n) is 7.43. The highest BCUT2D eigenvalue weighted by atomic mass is 19.4. The largest absolute Gasteiger partial charge is 0.401 e. The van der Waals surface area contributed by atoms with E-state index in [9.17, 15) is 23.3 Å². The molecule has 0 aliphatic carbocycles. The van der Waals surface area contributed by atoms with Gasteiger partial charge in [-0.1, -0.05) is 0 Å². The van der Waals surface area contributed by atoms with Crippen molar-refractivity contribution >= 4 is 11.5 Å². The number of aryl methyl sites for hydroxylation is 1. The molecule has 2 saturated heterocycles. The Bertz CT molecular complexity index is 609. The van der Waals surface area contributed by atoms with Gasteiger partial charge in [0.05, 0.1) is 11.5 Å². The average molecular weight is 330 g/mol. The van der Waals surface area contributed by atoms with Crippen molar-refractivity contribution in [3.05, 3.63) is 27.9 Å². The Hall–Kier alpha value is -1.90. The molecule has 2 aliphatic heterocycles. The molecule has 0 aromatic carbocycles. The lowest BCUT2D eigenvalue weighted by molar-refractivity contribution is -0.384. The van der Waals surface area contributed by atoms with E-state index in [-0.39, 0.29) is 23.6 Å². The quantitative estimate of drug-likeness (QED) is 0.629. The van der Waals surface area contributed by atoms with Gasteiger partial charge in [0.15, 0.2) is 0 Å². The van der Waals surface area contributed by atoms with Gasteiger partial charge < -0.3 is 4.90 Å². The molecule has 0 spiro atoms. The number of hydrogen-bond donors (Lipinski definition) is 0. The predicted octanol–water partition coefficient (Wildman–Crippen LogP) is 2.51. The zero-order valence-corrected chi connectivity index (χ0v) is 12.6. The summed E-state index contributed by atoms with van der Waals surface area (Å²) in [6, 6.07) is 0.975. The molecule has 2 atom stereocenters. The van der Waals surface area contributed by atoms with Crippen LogP contribution in [0.3, 0.4) is 0 Å². The van der Waals surface area contributed by atoms with Gasteiger partial charge in [0.25, 0.3) is 0 Å². The van der Waals surface area contributed by atoms with Crippen molar-refractivity contribution in [1.29, 1.82) is 0 Å². The predicted molar refractivity (Wildman–Crippen MR) is 77.4 cm³/mol. The molecule has 0 amide bonds. The molecular formula is C14H17F3N4O2. The van der Waals surface area contributed by atoms with Crippen LogP contribution in [0.4, 0.5) is 24.7 Å². The van der Waals surface area contributed by atoms with Crippen LogP contribution in [0.5, 0.6) is 0 Å². The molecule has 3 heterocycles. The van der Waals surface area contributed by atoms with Crippen molar-refractivity contribution in [3.8, 4) is 0 Å². The normalized spacial score (nSPS) is 25.0. The number of nitrogens with zero attached hydrogens (tertiary/aromatic N) is 4. The van der Waals surface area contributed by atoms with Crippen LogP contribution in [-0.4, -0.2) is 52.7 Å². The Kier molecular flexibility index (Phi) is 3.91. The van der Waals surface area contributed by atoms with Crippen LogP contribution in [0.1, 0.15) is 18.4 Å². The van der Waals surface area contributed by atoms with Gasteiger partial charge in [-0.15, -0.1) is 0 Å². The molecule has 9 heteroatoms. The first-order chi connectivity index (χ1) is 10.7. The van der Waals surface area contributed by atoms with E-state index in [4.69, 9.17) is 0 Å². The molecule has 3 rings (SSSR count). The Morgan fingerprint density at radius 3 is 2.48 bits per heavy atom. The third-order valence-corrected chi connectivity index (χ3v) is 4.48. The van der Waals surface area contributed by atoms with Crippen LogP contribution in [0.2, 0.25) is 0 Å². The second kappa shape index (κ2) is 5.63. The van der Waals surface area contributed by atoms with Gasteiger partial charge >= 0.3 is 11.9 Å². The van der Waals surface area contributed by atoms with Crippen LogP contribution in [-0.2, 0) is 0 Å². The molecule has 1 aromatic rings. The van der Waals surface area contributed by atoms with E-state index in [2.05, 4.69) is 4.98 Å². The first-order valence-corrected chi connectivity index (χ1v) is 7.43. The van der Waals surface area contributed by atoms with Gasteiger partial charge in [-0.05, 0) is 25.3 Å². The van der Waals surface area contributed by atoms with Gasteiger partial charge in [0.2, 0.25) is 5.82 Å². The lowest BCUT2D eigenvalue weighted by atomic mass is 10.1. The molecule has 0 saturated carbocycles. The Morgan fingerprint density at radius 2 is 1.96 bits per heavy atom. The van der Waals surface area contributed by atoms with E-state index >= 15 is 0 Å². The summed E-state index contributed by atoms with van der Waals surface area (Å²) < 4.78 is 38.1. The lowest BCUT2D eigenvalue weighted by Gasteiger charge is -2.41. The Labute approximate surface area is 131 Å². The summed E-state index contributed by atoms with van der Waals surface area (Å²) in [5, 5.41) is 11.2. The minimum Gasteiger partial charge on any atom is -0.348 e. The Balaban J connectivity index is 1.82. The van der Waals surface area contributed by atoms with Crippen LogP contribution in [0, 0.1) is 17.0 Å². The number of nitro groups is 1. The van der Waals surface area contributed by atoms with E-state index in [1.165, 1.54) is 11.0 Å². The highest BCUT2D eigenvalue weighted by Crippen LogP contribution is 2.36. The number of hydrogen-bond acceptors (Lipinski definition) is 5. The number of alkyl halides is 3. The number of halogens is 3. The number of piperazine rings is 1. The smallest absolute Gasteiger partial charge is 0.348 e. The van der Waals surface area contributed by atoms with Gasteiger partial charge in [0, 0.05) is 37.4 Å². The summed E-state index contributed by atoms with van der Waals surface area (Å²) in [4.78, 5) is 18.1.